The third-order valence-corrected chi connectivity index (χ3v) is 3.84. The minimum atomic E-state index is -0.667. The van der Waals surface area contributed by atoms with Crippen molar-refractivity contribution in [2.75, 3.05) is 13.1 Å². The van der Waals surface area contributed by atoms with Crippen LogP contribution in [0.1, 0.15) is 25.3 Å². The van der Waals surface area contributed by atoms with Crippen LogP contribution in [0.4, 0.5) is 8.78 Å². The molecule has 2 rings (SSSR count). The zero-order valence-electron chi connectivity index (χ0n) is 11.9. The summed E-state index contributed by atoms with van der Waals surface area (Å²) in [6, 6.07) is 3.14. The molecule has 1 aromatic rings. The topological polar surface area (TPSA) is 40.5 Å². The normalized spacial score (nSPS) is 18.2. The van der Waals surface area contributed by atoms with Crippen molar-refractivity contribution in [1.82, 2.24) is 4.90 Å². The fourth-order valence-corrected chi connectivity index (χ4v) is 2.55. The lowest BCUT2D eigenvalue weighted by molar-refractivity contribution is -0.127. The molecule has 21 heavy (non-hydrogen) atoms. The minimum absolute atomic E-state index is 0.177. The number of carbonyl (C=O) groups is 1. The van der Waals surface area contributed by atoms with Crippen LogP contribution in [0.15, 0.2) is 24.3 Å². The maximum Gasteiger partial charge on any atom is 0.246 e. The predicted octanol–water partition coefficient (Wildman–Crippen LogP) is 2.60. The second-order valence-electron chi connectivity index (χ2n) is 5.44. The number of halogens is 2. The molecular formula is C16H19F2NO2. The lowest BCUT2D eigenvalue weighted by Crippen LogP contribution is -2.39. The quantitative estimate of drug-likeness (QED) is 0.871. The van der Waals surface area contributed by atoms with E-state index in [1.165, 1.54) is 24.3 Å². The molecule has 0 radical (unpaired) electrons. The van der Waals surface area contributed by atoms with Crippen LogP contribution in [-0.4, -0.2) is 35.1 Å². The molecule has 1 aliphatic rings. The van der Waals surface area contributed by atoms with E-state index in [9.17, 15) is 18.7 Å². The Kier molecular flexibility index (Phi) is 5.07. The molecule has 5 heteroatoms. The van der Waals surface area contributed by atoms with Gasteiger partial charge in [-0.3, -0.25) is 4.79 Å². The number of piperidine rings is 1. The lowest BCUT2D eigenvalue weighted by Gasteiger charge is -2.32. The first kappa shape index (κ1) is 15.6. The summed E-state index contributed by atoms with van der Waals surface area (Å²) in [4.78, 5) is 13.7. The van der Waals surface area contributed by atoms with Gasteiger partial charge in [0, 0.05) is 25.2 Å². The highest BCUT2D eigenvalue weighted by atomic mass is 19.1. The zero-order valence-corrected chi connectivity index (χ0v) is 11.9. The van der Waals surface area contributed by atoms with Gasteiger partial charge in [0.15, 0.2) is 0 Å². The highest BCUT2D eigenvalue weighted by molar-refractivity contribution is 5.91. The number of hydrogen-bond donors (Lipinski definition) is 1. The predicted molar refractivity (Wildman–Crippen MR) is 76.4 cm³/mol. The van der Waals surface area contributed by atoms with E-state index >= 15 is 0 Å². The van der Waals surface area contributed by atoms with Crippen LogP contribution >= 0.6 is 0 Å². The summed E-state index contributed by atoms with van der Waals surface area (Å²) in [6.07, 6.45) is 3.93. The van der Waals surface area contributed by atoms with Gasteiger partial charge in [-0.25, -0.2) is 8.78 Å². The average molecular weight is 295 g/mol. The smallest absolute Gasteiger partial charge is 0.246 e. The number of benzene rings is 1. The summed E-state index contributed by atoms with van der Waals surface area (Å²) in [5, 5.41) is 9.52. The highest BCUT2D eigenvalue weighted by Gasteiger charge is 2.24. The molecule has 0 bridgehead atoms. The molecule has 1 atom stereocenters. The van der Waals surface area contributed by atoms with Gasteiger partial charge in [-0.15, -0.1) is 0 Å². The van der Waals surface area contributed by atoms with Gasteiger partial charge in [0.05, 0.1) is 6.10 Å². The molecule has 1 heterocycles. The number of hydrogen-bond acceptors (Lipinski definition) is 2. The molecule has 1 amide bonds. The number of likely N-dealkylation sites (tertiary alicyclic amines) is 1. The van der Waals surface area contributed by atoms with Crippen LogP contribution in [0.2, 0.25) is 0 Å². The van der Waals surface area contributed by atoms with Crippen molar-refractivity contribution >= 4 is 12.0 Å². The van der Waals surface area contributed by atoms with Crippen molar-refractivity contribution in [3.8, 4) is 0 Å². The van der Waals surface area contributed by atoms with Gasteiger partial charge in [-0.05, 0) is 49.5 Å². The van der Waals surface area contributed by atoms with Crippen LogP contribution in [0, 0.1) is 17.6 Å². The van der Waals surface area contributed by atoms with Gasteiger partial charge < -0.3 is 10.0 Å². The SMILES string of the molecule is CC(O)C1CCN(C(=O)C=Cc2cc(F)cc(F)c2)CC1. The fourth-order valence-electron chi connectivity index (χ4n) is 2.55. The highest BCUT2D eigenvalue weighted by Crippen LogP contribution is 2.20. The molecule has 0 aliphatic carbocycles. The molecule has 0 spiro atoms. The zero-order chi connectivity index (χ0) is 15.4. The van der Waals surface area contributed by atoms with Crippen molar-refractivity contribution in [3.63, 3.8) is 0 Å². The third-order valence-electron chi connectivity index (χ3n) is 3.84. The molecule has 1 aliphatic heterocycles. The van der Waals surface area contributed by atoms with E-state index in [1.54, 1.807) is 11.8 Å². The molecule has 3 nitrogen and oxygen atoms in total. The maximum absolute atomic E-state index is 13.0. The van der Waals surface area contributed by atoms with E-state index in [1.807, 2.05) is 0 Å². The van der Waals surface area contributed by atoms with Crippen molar-refractivity contribution in [2.45, 2.75) is 25.9 Å². The van der Waals surface area contributed by atoms with Crippen molar-refractivity contribution < 1.29 is 18.7 Å². The Labute approximate surface area is 122 Å². The Morgan fingerprint density at radius 2 is 1.86 bits per heavy atom. The first-order valence-corrected chi connectivity index (χ1v) is 7.07. The van der Waals surface area contributed by atoms with Crippen LogP contribution in [0.25, 0.3) is 6.08 Å². The maximum atomic E-state index is 13.0. The molecule has 0 saturated carbocycles. The summed E-state index contributed by atoms with van der Waals surface area (Å²) in [5.74, 6) is -1.28. The van der Waals surface area contributed by atoms with Crippen LogP contribution in [-0.2, 0) is 4.79 Å². The molecule has 1 aromatic carbocycles. The summed E-state index contributed by atoms with van der Waals surface area (Å²) in [6.45, 7) is 2.95. The van der Waals surface area contributed by atoms with Gasteiger partial charge in [0.1, 0.15) is 11.6 Å². The van der Waals surface area contributed by atoms with Crippen molar-refractivity contribution in [2.24, 2.45) is 5.92 Å². The van der Waals surface area contributed by atoms with Crippen LogP contribution in [0.3, 0.4) is 0 Å². The Bertz CT molecular complexity index is 515. The first-order valence-electron chi connectivity index (χ1n) is 7.07. The van der Waals surface area contributed by atoms with Gasteiger partial charge in [-0.1, -0.05) is 0 Å². The third kappa shape index (κ3) is 4.36. The van der Waals surface area contributed by atoms with Crippen molar-refractivity contribution in [1.29, 1.82) is 0 Å². The Morgan fingerprint density at radius 3 is 2.38 bits per heavy atom. The first-order chi connectivity index (χ1) is 9.95. The molecule has 1 unspecified atom stereocenters. The van der Waals surface area contributed by atoms with Gasteiger partial charge in [-0.2, -0.15) is 0 Å². The number of nitrogens with zero attached hydrogens (tertiary/aromatic N) is 1. The second-order valence-corrected chi connectivity index (χ2v) is 5.44. The van der Waals surface area contributed by atoms with Crippen molar-refractivity contribution in [3.05, 3.63) is 41.5 Å². The van der Waals surface area contributed by atoms with E-state index in [4.69, 9.17) is 0 Å². The molecular weight excluding hydrogens is 276 g/mol. The standard InChI is InChI=1S/C16H19F2NO2/c1-11(20)13-4-6-19(7-5-13)16(21)3-2-12-8-14(17)10-15(18)9-12/h2-3,8-11,13,20H,4-7H2,1H3. The molecule has 114 valence electrons. The largest absolute Gasteiger partial charge is 0.393 e. The van der Waals surface area contributed by atoms with Gasteiger partial charge in [0.25, 0.3) is 0 Å². The summed E-state index contributed by atoms with van der Waals surface area (Å²) >= 11 is 0. The van der Waals surface area contributed by atoms with E-state index in [-0.39, 0.29) is 17.9 Å². The van der Waals surface area contributed by atoms with E-state index < -0.39 is 11.6 Å². The van der Waals surface area contributed by atoms with E-state index in [0.717, 1.165) is 18.9 Å². The Hall–Kier alpha value is -1.75. The van der Waals surface area contributed by atoms with Crippen LogP contribution in [0.5, 0.6) is 0 Å². The average Bonchev–Trinajstić information content (AvgIpc) is 2.44. The lowest BCUT2D eigenvalue weighted by atomic mass is 9.92. The summed E-state index contributed by atoms with van der Waals surface area (Å²) in [5.41, 5.74) is 0.319. The second kappa shape index (κ2) is 6.80. The monoisotopic (exact) mass is 295 g/mol. The van der Waals surface area contributed by atoms with Gasteiger partial charge >= 0.3 is 0 Å². The number of aliphatic hydroxyl groups is 1. The number of amides is 1. The van der Waals surface area contributed by atoms with E-state index in [0.29, 0.717) is 18.7 Å². The summed E-state index contributed by atoms with van der Waals surface area (Å²) in [7, 11) is 0. The number of rotatable bonds is 3. The fraction of sp³-hybridized carbons (Fsp3) is 0.438. The minimum Gasteiger partial charge on any atom is -0.393 e. The summed E-state index contributed by atoms with van der Waals surface area (Å²) < 4.78 is 26.1. The van der Waals surface area contributed by atoms with Gasteiger partial charge in [0.2, 0.25) is 5.91 Å². The molecule has 0 aromatic heterocycles. The van der Waals surface area contributed by atoms with E-state index in [2.05, 4.69) is 0 Å². The molecule has 1 N–H and O–H groups in total. The Morgan fingerprint density at radius 1 is 1.29 bits per heavy atom. The number of aliphatic hydroxyl groups excluding tert-OH is 1. The number of carbonyl (C=O) groups excluding carboxylic acids is 1. The molecule has 1 saturated heterocycles. The molecule has 1 fully saturated rings. The van der Waals surface area contributed by atoms with Crippen LogP contribution < -0.4 is 0 Å². The Balaban J connectivity index is 1.94.